The van der Waals surface area contributed by atoms with Crippen molar-refractivity contribution in [1.29, 1.82) is 0 Å². The zero-order valence-electron chi connectivity index (χ0n) is 16.0. The number of hydrogen-bond acceptors (Lipinski definition) is 6. The Kier molecular flexibility index (Phi) is 6.22. The molecule has 26 heavy (non-hydrogen) atoms. The molecule has 0 aliphatic carbocycles. The number of hydrogen-bond donors (Lipinski definition) is 1. The molecular weight excluding hydrogens is 354 g/mol. The van der Waals surface area contributed by atoms with Gasteiger partial charge in [0.25, 0.3) is 5.56 Å². The van der Waals surface area contributed by atoms with Crippen LogP contribution in [0.4, 0.5) is 0 Å². The van der Waals surface area contributed by atoms with Gasteiger partial charge in [0.05, 0.1) is 5.75 Å². The van der Waals surface area contributed by atoms with Crippen LogP contribution < -0.4 is 16.6 Å². The third kappa shape index (κ3) is 4.32. The van der Waals surface area contributed by atoms with Crippen molar-refractivity contribution in [3.8, 4) is 0 Å². The summed E-state index contributed by atoms with van der Waals surface area (Å²) in [6.45, 7) is 7.85. The predicted molar refractivity (Wildman–Crippen MR) is 103 cm³/mol. The van der Waals surface area contributed by atoms with E-state index in [4.69, 9.17) is 0 Å². The minimum atomic E-state index is -0.453. The first kappa shape index (κ1) is 20.2. The van der Waals surface area contributed by atoms with E-state index in [0.29, 0.717) is 28.8 Å². The Morgan fingerprint density at radius 3 is 2.35 bits per heavy atom. The molecule has 0 atom stereocenters. The highest BCUT2D eigenvalue weighted by Gasteiger charge is 2.18. The van der Waals surface area contributed by atoms with Gasteiger partial charge in [0.2, 0.25) is 5.91 Å². The molecule has 9 heteroatoms. The molecule has 0 unspecified atom stereocenters. The molecule has 0 bridgehead atoms. The molecule has 0 saturated heterocycles. The summed E-state index contributed by atoms with van der Waals surface area (Å²) in [6, 6.07) is 0.0374. The number of thioether (sulfide) groups is 1. The zero-order valence-corrected chi connectivity index (χ0v) is 16.8. The molecule has 142 valence electrons. The van der Waals surface area contributed by atoms with Gasteiger partial charge in [-0.2, -0.15) is 0 Å². The molecule has 0 aliphatic heterocycles. The van der Waals surface area contributed by atoms with Crippen LogP contribution in [0.25, 0.3) is 11.0 Å². The Hall–Kier alpha value is -2.16. The van der Waals surface area contributed by atoms with E-state index in [1.165, 1.54) is 23.4 Å². The summed E-state index contributed by atoms with van der Waals surface area (Å²) in [5.74, 6) is 0.877. The highest BCUT2D eigenvalue weighted by Crippen LogP contribution is 2.22. The maximum atomic E-state index is 12.6. The number of rotatable bonds is 6. The minimum Gasteiger partial charge on any atom is -0.353 e. The summed E-state index contributed by atoms with van der Waals surface area (Å²) in [4.78, 5) is 45.8. The van der Waals surface area contributed by atoms with E-state index in [2.05, 4.69) is 15.3 Å². The van der Waals surface area contributed by atoms with Crippen molar-refractivity contribution < 1.29 is 4.79 Å². The number of fused-ring (bicyclic) bond motifs is 1. The maximum absolute atomic E-state index is 12.6. The molecule has 0 radical (unpaired) electrons. The van der Waals surface area contributed by atoms with E-state index in [1.807, 2.05) is 27.7 Å². The van der Waals surface area contributed by atoms with Crippen LogP contribution in [0, 0.1) is 5.92 Å². The Bertz CT molecular complexity index is 946. The summed E-state index contributed by atoms with van der Waals surface area (Å²) in [6.07, 6.45) is 0.616. The van der Waals surface area contributed by atoms with Crippen molar-refractivity contribution >= 4 is 28.7 Å². The highest BCUT2D eigenvalue weighted by molar-refractivity contribution is 8.00. The number of carbonyl (C=O) groups is 1. The number of nitrogens with zero attached hydrogens (tertiary/aromatic N) is 4. The molecular formula is C17H25N5O3S. The van der Waals surface area contributed by atoms with E-state index in [-0.39, 0.29) is 23.1 Å². The van der Waals surface area contributed by atoms with Gasteiger partial charge in [0.1, 0.15) is 16.2 Å². The topological polar surface area (TPSA) is 98.9 Å². The SMILES string of the molecule is CC(C)Cc1nc(SCC(=O)NC(C)C)c2c(=O)n(C)c(=O)n(C)c2n1. The first-order valence-electron chi connectivity index (χ1n) is 8.50. The minimum absolute atomic E-state index is 0.0374. The summed E-state index contributed by atoms with van der Waals surface area (Å²) >= 11 is 1.19. The van der Waals surface area contributed by atoms with Crippen molar-refractivity contribution in [3.63, 3.8) is 0 Å². The zero-order chi connectivity index (χ0) is 19.6. The monoisotopic (exact) mass is 379 g/mol. The number of amides is 1. The quantitative estimate of drug-likeness (QED) is 0.590. The molecule has 1 amide bonds. The van der Waals surface area contributed by atoms with Crippen LogP contribution in [0.15, 0.2) is 14.6 Å². The molecule has 2 rings (SSSR count). The Morgan fingerprint density at radius 2 is 1.77 bits per heavy atom. The first-order chi connectivity index (χ1) is 12.1. The van der Waals surface area contributed by atoms with Crippen LogP contribution >= 0.6 is 11.8 Å². The summed E-state index contributed by atoms with van der Waals surface area (Å²) in [5.41, 5.74) is -0.591. The fraction of sp³-hybridized carbons (Fsp3) is 0.588. The van der Waals surface area contributed by atoms with Crippen molar-refractivity contribution in [2.75, 3.05) is 5.75 Å². The van der Waals surface area contributed by atoms with Crippen molar-refractivity contribution in [2.45, 2.75) is 45.2 Å². The third-order valence-corrected chi connectivity index (χ3v) is 4.67. The molecule has 0 saturated carbocycles. The lowest BCUT2D eigenvalue weighted by Gasteiger charge is -2.13. The highest BCUT2D eigenvalue weighted by atomic mass is 32.2. The van der Waals surface area contributed by atoms with Gasteiger partial charge in [-0.3, -0.25) is 18.7 Å². The van der Waals surface area contributed by atoms with Gasteiger partial charge < -0.3 is 5.32 Å². The first-order valence-corrected chi connectivity index (χ1v) is 9.49. The van der Waals surface area contributed by atoms with Gasteiger partial charge in [-0.15, -0.1) is 0 Å². The van der Waals surface area contributed by atoms with Crippen LogP contribution in [-0.4, -0.2) is 36.8 Å². The second-order valence-electron chi connectivity index (χ2n) is 6.96. The maximum Gasteiger partial charge on any atom is 0.332 e. The summed E-state index contributed by atoms with van der Waals surface area (Å²) < 4.78 is 2.38. The Labute approximate surface area is 156 Å². The molecule has 0 spiro atoms. The van der Waals surface area contributed by atoms with Crippen LogP contribution in [-0.2, 0) is 25.3 Å². The lowest BCUT2D eigenvalue weighted by molar-refractivity contribution is -0.119. The molecule has 1 N–H and O–H groups in total. The second-order valence-corrected chi connectivity index (χ2v) is 7.92. The number of aromatic nitrogens is 4. The van der Waals surface area contributed by atoms with Crippen molar-refractivity contribution in [3.05, 3.63) is 26.7 Å². The summed E-state index contributed by atoms with van der Waals surface area (Å²) in [7, 11) is 3.00. The molecule has 2 aromatic rings. The smallest absolute Gasteiger partial charge is 0.332 e. The fourth-order valence-electron chi connectivity index (χ4n) is 2.53. The van der Waals surface area contributed by atoms with Crippen molar-refractivity contribution in [2.24, 2.45) is 20.0 Å². The van der Waals surface area contributed by atoms with E-state index in [0.717, 1.165) is 4.57 Å². The van der Waals surface area contributed by atoms with Gasteiger partial charge in [-0.05, 0) is 19.8 Å². The molecule has 0 aromatic carbocycles. The van der Waals surface area contributed by atoms with Crippen LogP contribution in [0.5, 0.6) is 0 Å². The molecule has 2 heterocycles. The van der Waals surface area contributed by atoms with Crippen molar-refractivity contribution in [1.82, 2.24) is 24.4 Å². The largest absolute Gasteiger partial charge is 0.353 e. The molecule has 2 aromatic heterocycles. The van der Waals surface area contributed by atoms with Gasteiger partial charge in [-0.25, -0.2) is 14.8 Å². The second kappa shape index (κ2) is 8.03. The number of aryl methyl sites for hydroxylation is 1. The van der Waals surface area contributed by atoms with E-state index in [1.54, 1.807) is 7.05 Å². The molecule has 8 nitrogen and oxygen atoms in total. The van der Waals surface area contributed by atoms with Gasteiger partial charge in [0, 0.05) is 26.6 Å². The van der Waals surface area contributed by atoms with E-state index >= 15 is 0 Å². The average molecular weight is 379 g/mol. The van der Waals surface area contributed by atoms with Gasteiger partial charge in [-0.1, -0.05) is 25.6 Å². The summed E-state index contributed by atoms with van der Waals surface area (Å²) in [5, 5.41) is 3.51. The number of nitrogens with one attached hydrogen (secondary N) is 1. The van der Waals surface area contributed by atoms with Crippen LogP contribution in [0.1, 0.15) is 33.5 Å². The average Bonchev–Trinajstić information content (AvgIpc) is 2.54. The van der Waals surface area contributed by atoms with E-state index < -0.39 is 11.2 Å². The van der Waals surface area contributed by atoms with Gasteiger partial charge in [0.15, 0.2) is 5.65 Å². The van der Waals surface area contributed by atoms with E-state index in [9.17, 15) is 14.4 Å². The number of carbonyl (C=O) groups excluding carboxylic acids is 1. The van der Waals surface area contributed by atoms with Crippen LogP contribution in [0.3, 0.4) is 0 Å². The predicted octanol–water partition coefficient (Wildman–Crippen LogP) is 0.842. The van der Waals surface area contributed by atoms with Gasteiger partial charge >= 0.3 is 5.69 Å². The fourth-order valence-corrected chi connectivity index (χ4v) is 3.37. The lowest BCUT2D eigenvalue weighted by Crippen LogP contribution is -2.38. The lowest BCUT2D eigenvalue weighted by atomic mass is 10.1. The Morgan fingerprint density at radius 1 is 1.12 bits per heavy atom. The normalized spacial score (nSPS) is 11.5. The Balaban J connectivity index is 2.60. The van der Waals surface area contributed by atoms with Crippen LogP contribution in [0.2, 0.25) is 0 Å². The molecule has 0 aliphatic rings. The third-order valence-electron chi connectivity index (χ3n) is 3.69. The molecule has 0 fully saturated rings. The standard InChI is InChI=1S/C17H25N5O3S/c1-9(2)7-11-19-14-13(16(24)22(6)17(25)21(14)5)15(20-11)26-8-12(23)18-10(3)4/h9-10H,7-8H2,1-6H3,(H,18,23).